The summed E-state index contributed by atoms with van der Waals surface area (Å²) in [5.74, 6) is 0.737. The summed E-state index contributed by atoms with van der Waals surface area (Å²) < 4.78 is 6.06. The van der Waals surface area contributed by atoms with Crippen molar-refractivity contribution in [3.63, 3.8) is 0 Å². The van der Waals surface area contributed by atoms with E-state index in [9.17, 15) is 0 Å². The molecule has 0 unspecified atom stereocenters. The minimum absolute atomic E-state index is 0.213. The summed E-state index contributed by atoms with van der Waals surface area (Å²) in [7, 11) is 0. The average Bonchev–Trinajstić information content (AvgIpc) is 2.47. The highest BCUT2D eigenvalue weighted by molar-refractivity contribution is 6.33. The quantitative estimate of drug-likeness (QED) is 0.624. The van der Waals surface area contributed by atoms with Crippen LogP contribution in [-0.4, -0.2) is 6.04 Å². The topological polar surface area (TPSA) is 25.5 Å². The molecule has 3 aromatic rings. The molecule has 112 valence electrons. The number of aryl methyl sites for hydroxylation is 1. The standard InChI is InChI=1S/C19H18ClNO/c1-12(2)21-17-11-19(14-6-4-5-7-16(14)20)22-18-9-8-13(3)10-15(17)18/h4-12H,1-3H3. The fourth-order valence-electron chi connectivity index (χ4n) is 2.46. The van der Waals surface area contributed by atoms with Gasteiger partial charge in [-0.3, -0.25) is 4.99 Å². The molecule has 1 aromatic heterocycles. The third-order valence-corrected chi connectivity index (χ3v) is 3.76. The van der Waals surface area contributed by atoms with Crippen LogP contribution in [-0.2, 0) is 0 Å². The van der Waals surface area contributed by atoms with Crippen LogP contribution in [0.5, 0.6) is 0 Å². The van der Waals surface area contributed by atoms with E-state index in [2.05, 4.69) is 26.8 Å². The Bertz CT molecular complexity index is 893. The van der Waals surface area contributed by atoms with Gasteiger partial charge in [0.05, 0.1) is 10.4 Å². The molecule has 22 heavy (non-hydrogen) atoms. The minimum Gasteiger partial charge on any atom is -0.456 e. The van der Waals surface area contributed by atoms with Crippen molar-refractivity contribution in [1.29, 1.82) is 0 Å². The molecule has 0 saturated carbocycles. The monoisotopic (exact) mass is 311 g/mol. The maximum atomic E-state index is 6.30. The van der Waals surface area contributed by atoms with E-state index in [1.807, 2.05) is 42.5 Å². The molecular formula is C19H18ClNO. The van der Waals surface area contributed by atoms with Crippen molar-refractivity contribution in [2.24, 2.45) is 4.99 Å². The van der Waals surface area contributed by atoms with E-state index in [-0.39, 0.29) is 6.04 Å². The number of rotatable bonds is 2. The maximum Gasteiger partial charge on any atom is 0.138 e. The first-order chi connectivity index (χ1) is 10.5. The van der Waals surface area contributed by atoms with Crippen molar-refractivity contribution in [3.05, 3.63) is 64.5 Å². The third-order valence-electron chi connectivity index (χ3n) is 3.44. The van der Waals surface area contributed by atoms with Gasteiger partial charge in [-0.05, 0) is 45.0 Å². The maximum absolute atomic E-state index is 6.30. The second-order valence-electron chi connectivity index (χ2n) is 5.70. The SMILES string of the molecule is Cc1ccc2oc(-c3ccccc3Cl)cc(=NC(C)C)c2c1. The molecule has 0 fully saturated rings. The third kappa shape index (κ3) is 2.93. The van der Waals surface area contributed by atoms with Crippen molar-refractivity contribution in [3.8, 4) is 11.3 Å². The van der Waals surface area contributed by atoms with Crippen molar-refractivity contribution in [2.75, 3.05) is 0 Å². The molecule has 2 aromatic carbocycles. The van der Waals surface area contributed by atoms with Crippen LogP contribution in [0, 0.1) is 6.92 Å². The van der Waals surface area contributed by atoms with Gasteiger partial charge < -0.3 is 4.42 Å². The van der Waals surface area contributed by atoms with Crippen LogP contribution >= 0.6 is 11.6 Å². The zero-order valence-corrected chi connectivity index (χ0v) is 13.7. The van der Waals surface area contributed by atoms with E-state index in [1.165, 1.54) is 5.56 Å². The summed E-state index contributed by atoms with van der Waals surface area (Å²) in [4.78, 5) is 4.74. The zero-order valence-electron chi connectivity index (χ0n) is 12.9. The average molecular weight is 312 g/mol. The van der Waals surface area contributed by atoms with Gasteiger partial charge in [-0.2, -0.15) is 0 Å². The Morgan fingerprint density at radius 1 is 1.05 bits per heavy atom. The number of halogens is 1. The second-order valence-corrected chi connectivity index (χ2v) is 6.11. The van der Waals surface area contributed by atoms with Crippen LogP contribution in [0.4, 0.5) is 0 Å². The van der Waals surface area contributed by atoms with Crippen LogP contribution < -0.4 is 5.36 Å². The fraction of sp³-hybridized carbons (Fsp3) is 0.211. The first-order valence-electron chi connectivity index (χ1n) is 7.38. The first-order valence-corrected chi connectivity index (χ1v) is 7.75. The van der Waals surface area contributed by atoms with Gasteiger partial charge in [0.2, 0.25) is 0 Å². The predicted molar refractivity (Wildman–Crippen MR) is 92.1 cm³/mol. The van der Waals surface area contributed by atoms with Gasteiger partial charge in [-0.15, -0.1) is 0 Å². The second kappa shape index (κ2) is 5.98. The summed E-state index contributed by atoms with van der Waals surface area (Å²) >= 11 is 6.30. The normalized spacial score (nSPS) is 12.3. The fourth-order valence-corrected chi connectivity index (χ4v) is 2.69. The molecule has 0 bridgehead atoms. The molecule has 0 aliphatic heterocycles. The summed E-state index contributed by atoms with van der Waals surface area (Å²) in [5.41, 5.74) is 2.89. The summed E-state index contributed by atoms with van der Waals surface area (Å²) in [6.07, 6.45) is 0. The Hall–Kier alpha value is -2.06. The van der Waals surface area contributed by atoms with E-state index in [0.717, 1.165) is 27.7 Å². The number of hydrogen-bond donors (Lipinski definition) is 0. The Labute approximate surface area is 135 Å². The zero-order chi connectivity index (χ0) is 15.7. The van der Waals surface area contributed by atoms with Crippen LogP contribution in [0.3, 0.4) is 0 Å². The summed E-state index contributed by atoms with van der Waals surface area (Å²) in [5, 5.41) is 2.65. The Morgan fingerprint density at radius 2 is 1.82 bits per heavy atom. The van der Waals surface area contributed by atoms with Crippen LogP contribution in [0.1, 0.15) is 19.4 Å². The lowest BCUT2D eigenvalue weighted by Gasteiger charge is -2.08. The van der Waals surface area contributed by atoms with Crippen LogP contribution in [0.2, 0.25) is 5.02 Å². The highest BCUT2D eigenvalue weighted by atomic mass is 35.5. The molecule has 2 nitrogen and oxygen atoms in total. The van der Waals surface area contributed by atoms with Crippen molar-refractivity contribution in [2.45, 2.75) is 26.8 Å². The lowest BCUT2D eigenvalue weighted by molar-refractivity contribution is 0.617. The number of benzene rings is 2. The molecule has 0 aliphatic carbocycles. The van der Waals surface area contributed by atoms with Gasteiger partial charge in [0.1, 0.15) is 11.3 Å². The molecule has 0 N–H and O–H groups in total. The van der Waals surface area contributed by atoms with Crippen LogP contribution in [0.25, 0.3) is 22.3 Å². The molecule has 3 rings (SSSR count). The van der Waals surface area contributed by atoms with Gasteiger partial charge in [0.25, 0.3) is 0 Å². The molecule has 3 heteroatoms. The number of nitrogens with zero attached hydrogens (tertiary/aromatic N) is 1. The number of hydrogen-bond acceptors (Lipinski definition) is 2. The first kappa shape index (κ1) is 14.9. The van der Waals surface area contributed by atoms with Gasteiger partial charge in [0.15, 0.2) is 0 Å². The van der Waals surface area contributed by atoms with E-state index in [1.54, 1.807) is 0 Å². The van der Waals surface area contributed by atoms with E-state index >= 15 is 0 Å². The molecule has 0 amide bonds. The Kier molecular flexibility index (Phi) is 4.04. The summed E-state index contributed by atoms with van der Waals surface area (Å²) in [6.45, 7) is 6.21. The van der Waals surface area contributed by atoms with Crippen molar-refractivity contribution in [1.82, 2.24) is 0 Å². The van der Waals surface area contributed by atoms with E-state index in [0.29, 0.717) is 5.02 Å². The number of fused-ring (bicyclic) bond motifs is 1. The molecule has 0 aliphatic rings. The summed E-state index contributed by atoms with van der Waals surface area (Å²) in [6, 6.07) is 16.0. The van der Waals surface area contributed by atoms with Crippen LogP contribution in [0.15, 0.2) is 57.9 Å². The Morgan fingerprint density at radius 3 is 2.55 bits per heavy atom. The molecule has 1 heterocycles. The van der Waals surface area contributed by atoms with Gasteiger partial charge in [-0.1, -0.05) is 35.4 Å². The highest BCUT2D eigenvalue weighted by Gasteiger charge is 2.09. The highest BCUT2D eigenvalue weighted by Crippen LogP contribution is 2.28. The largest absolute Gasteiger partial charge is 0.456 e. The van der Waals surface area contributed by atoms with Gasteiger partial charge in [-0.25, -0.2) is 0 Å². The molecule has 0 spiro atoms. The smallest absolute Gasteiger partial charge is 0.138 e. The van der Waals surface area contributed by atoms with Gasteiger partial charge in [0, 0.05) is 23.1 Å². The molecule has 0 atom stereocenters. The van der Waals surface area contributed by atoms with E-state index < -0.39 is 0 Å². The van der Waals surface area contributed by atoms with Crippen molar-refractivity contribution >= 4 is 22.6 Å². The molecule has 0 radical (unpaired) electrons. The molecule has 0 saturated heterocycles. The lowest BCUT2D eigenvalue weighted by atomic mass is 10.1. The minimum atomic E-state index is 0.213. The Balaban J connectivity index is 2.35. The lowest BCUT2D eigenvalue weighted by Crippen LogP contribution is -2.08. The predicted octanol–water partition coefficient (Wildman–Crippen LogP) is 5.37. The van der Waals surface area contributed by atoms with Crippen molar-refractivity contribution < 1.29 is 4.42 Å². The van der Waals surface area contributed by atoms with Gasteiger partial charge >= 0.3 is 0 Å². The molecular weight excluding hydrogens is 294 g/mol. The van der Waals surface area contributed by atoms with E-state index in [4.69, 9.17) is 21.0 Å².